The van der Waals surface area contributed by atoms with Crippen LogP contribution >= 0.6 is 11.6 Å². The molecular formula is C15H19ClFNO2. The van der Waals surface area contributed by atoms with Gasteiger partial charge in [-0.05, 0) is 49.9 Å². The standard InChI is InChI=1S/C15H19ClFNO2/c1-10(12-3-4-14(17)13(16)8-12)18-7-6-11(9-18)2-5-15(19)20/h3-4,8,10-11H,2,5-7,9H2,1H3,(H,19,20). The zero-order chi connectivity index (χ0) is 14.7. The molecule has 0 amide bonds. The molecule has 1 saturated heterocycles. The Hall–Kier alpha value is -1.13. The molecule has 110 valence electrons. The first-order chi connectivity index (χ1) is 9.47. The Kier molecular flexibility index (Phi) is 5.00. The van der Waals surface area contributed by atoms with E-state index in [9.17, 15) is 9.18 Å². The highest BCUT2D eigenvalue weighted by molar-refractivity contribution is 6.30. The van der Waals surface area contributed by atoms with Crippen molar-refractivity contribution in [1.29, 1.82) is 0 Å². The van der Waals surface area contributed by atoms with Gasteiger partial charge in [0.1, 0.15) is 5.82 Å². The van der Waals surface area contributed by atoms with Crippen LogP contribution in [0.4, 0.5) is 4.39 Å². The summed E-state index contributed by atoms with van der Waals surface area (Å²) in [7, 11) is 0. The molecule has 0 aliphatic carbocycles. The van der Waals surface area contributed by atoms with Gasteiger partial charge in [0.05, 0.1) is 5.02 Å². The number of carbonyl (C=O) groups is 1. The van der Waals surface area contributed by atoms with Gasteiger partial charge in [0, 0.05) is 19.0 Å². The van der Waals surface area contributed by atoms with E-state index in [1.54, 1.807) is 12.1 Å². The molecule has 0 bridgehead atoms. The summed E-state index contributed by atoms with van der Waals surface area (Å²) in [6.07, 6.45) is 1.98. The van der Waals surface area contributed by atoms with Crippen molar-refractivity contribution in [3.63, 3.8) is 0 Å². The van der Waals surface area contributed by atoms with Crippen molar-refractivity contribution in [1.82, 2.24) is 4.90 Å². The van der Waals surface area contributed by atoms with Crippen molar-refractivity contribution >= 4 is 17.6 Å². The van der Waals surface area contributed by atoms with E-state index < -0.39 is 11.8 Å². The molecule has 20 heavy (non-hydrogen) atoms. The summed E-state index contributed by atoms with van der Waals surface area (Å²) in [6, 6.07) is 5.00. The normalized spacial score (nSPS) is 21.1. The molecule has 1 heterocycles. The topological polar surface area (TPSA) is 40.5 Å². The van der Waals surface area contributed by atoms with Crippen LogP contribution in [0.25, 0.3) is 0 Å². The number of benzene rings is 1. The predicted molar refractivity (Wildman–Crippen MR) is 76.4 cm³/mol. The summed E-state index contributed by atoms with van der Waals surface area (Å²) in [5, 5.41) is 8.87. The van der Waals surface area contributed by atoms with Gasteiger partial charge in [-0.25, -0.2) is 4.39 Å². The number of hydrogen-bond donors (Lipinski definition) is 1. The Bertz CT molecular complexity index is 495. The molecule has 1 aromatic rings. The molecule has 2 atom stereocenters. The third kappa shape index (κ3) is 3.70. The van der Waals surface area contributed by atoms with Crippen LogP contribution in [0.1, 0.15) is 37.8 Å². The molecule has 2 rings (SSSR count). The molecule has 1 aliphatic rings. The maximum atomic E-state index is 13.2. The lowest BCUT2D eigenvalue weighted by Crippen LogP contribution is -2.24. The predicted octanol–water partition coefficient (Wildman–Crippen LogP) is 3.73. The highest BCUT2D eigenvalue weighted by Gasteiger charge is 2.27. The Morgan fingerprint density at radius 2 is 2.35 bits per heavy atom. The second-order valence-electron chi connectivity index (χ2n) is 5.43. The van der Waals surface area contributed by atoms with Gasteiger partial charge in [0.25, 0.3) is 0 Å². The third-order valence-electron chi connectivity index (χ3n) is 4.06. The zero-order valence-corrected chi connectivity index (χ0v) is 12.2. The van der Waals surface area contributed by atoms with Crippen molar-refractivity contribution < 1.29 is 14.3 Å². The van der Waals surface area contributed by atoms with Gasteiger partial charge < -0.3 is 5.11 Å². The van der Waals surface area contributed by atoms with Crippen LogP contribution in [-0.4, -0.2) is 29.1 Å². The highest BCUT2D eigenvalue weighted by Crippen LogP contribution is 2.30. The van der Waals surface area contributed by atoms with Gasteiger partial charge in [-0.1, -0.05) is 17.7 Å². The highest BCUT2D eigenvalue weighted by atomic mass is 35.5. The quantitative estimate of drug-likeness (QED) is 0.900. The van der Waals surface area contributed by atoms with E-state index in [2.05, 4.69) is 11.8 Å². The molecule has 1 aromatic carbocycles. The fourth-order valence-corrected chi connectivity index (χ4v) is 2.95. The van der Waals surface area contributed by atoms with Crippen molar-refractivity contribution in [3.8, 4) is 0 Å². The molecule has 0 aromatic heterocycles. The van der Waals surface area contributed by atoms with Crippen molar-refractivity contribution in [2.45, 2.75) is 32.2 Å². The largest absolute Gasteiger partial charge is 0.481 e. The first-order valence-corrected chi connectivity index (χ1v) is 7.26. The SMILES string of the molecule is CC(c1ccc(F)c(Cl)c1)N1CCC(CCC(=O)O)C1. The van der Waals surface area contributed by atoms with Crippen LogP contribution in [0, 0.1) is 11.7 Å². The van der Waals surface area contributed by atoms with E-state index in [-0.39, 0.29) is 17.5 Å². The molecular weight excluding hydrogens is 281 g/mol. The number of carboxylic acid groups (broad SMARTS) is 1. The van der Waals surface area contributed by atoms with E-state index in [0.717, 1.165) is 31.5 Å². The molecule has 3 nitrogen and oxygen atoms in total. The molecule has 0 radical (unpaired) electrons. The zero-order valence-electron chi connectivity index (χ0n) is 11.5. The van der Waals surface area contributed by atoms with Crippen LogP contribution in [0.3, 0.4) is 0 Å². The number of halogens is 2. The lowest BCUT2D eigenvalue weighted by atomic mass is 10.0. The second kappa shape index (κ2) is 6.55. The average Bonchev–Trinajstić information content (AvgIpc) is 2.87. The van der Waals surface area contributed by atoms with Gasteiger partial charge in [0.15, 0.2) is 0 Å². The smallest absolute Gasteiger partial charge is 0.303 e. The fraction of sp³-hybridized carbons (Fsp3) is 0.533. The minimum Gasteiger partial charge on any atom is -0.481 e. The number of carboxylic acids is 1. The van der Waals surface area contributed by atoms with Gasteiger partial charge in [-0.3, -0.25) is 9.69 Å². The monoisotopic (exact) mass is 299 g/mol. The fourth-order valence-electron chi connectivity index (χ4n) is 2.76. The number of likely N-dealkylation sites (tertiary alicyclic amines) is 1. The number of aliphatic carboxylic acids is 1. The number of hydrogen-bond acceptors (Lipinski definition) is 2. The summed E-state index contributed by atoms with van der Waals surface area (Å²) in [6.45, 7) is 3.91. The van der Waals surface area contributed by atoms with E-state index in [1.807, 2.05) is 0 Å². The minimum absolute atomic E-state index is 0.149. The molecule has 0 saturated carbocycles. The molecule has 1 aliphatic heterocycles. The Labute approximate surface area is 123 Å². The summed E-state index contributed by atoms with van der Waals surface area (Å²) in [5.74, 6) is -0.699. The summed E-state index contributed by atoms with van der Waals surface area (Å²) < 4.78 is 13.2. The van der Waals surface area contributed by atoms with E-state index in [0.29, 0.717) is 5.92 Å². The third-order valence-corrected chi connectivity index (χ3v) is 4.35. The molecule has 0 spiro atoms. The molecule has 1 fully saturated rings. The van der Waals surface area contributed by atoms with Crippen LogP contribution in [0.15, 0.2) is 18.2 Å². The van der Waals surface area contributed by atoms with E-state index in [4.69, 9.17) is 16.7 Å². The summed E-state index contributed by atoms with van der Waals surface area (Å²) in [5.41, 5.74) is 0.996. The van der Waals surface area contributed by atoms with Gasteiger partial charge in [-0.15, -0.1) is 0 Å². The second-order valence-corrected chi connectivity index (χ2v) is 5.84. The Balaban J connectivity index is 1.95. The first kappa shape index (κ1) is 15.3. The van der Waals surface area contributed by atoms with Crippen LogP contribution in [-0.2, 0) is 4.79 Å². The maximum Gasteiger partial charge on any atom is 0.303 e. The van der Waals surface area contributed by atoms with Crippen molar-refractivity contribution in [2.24, 2.45) is 5.92 Å². The van der Waals surface area contributed by atoms with Crippen LogP contribution in [0.5, 0.6) is 0 Å². The van der Waals surface area contributed by atoms with Crippen LogP contribution in [0.2, 0.25) is 5.02 Å². The van der Waals surface area contributed by atoms with Crippen molar-refractivity contribution in [3.05, 3.63) is 34.6 Å². The van der Waals surface area contributed by atoms with Gasteiger partial charge in [-0.2, -0.15) is 0 Å². The average molecular weight is 300 g/mol. The van der Waals surface area contributed by atoms with Crippen LogP contribution < -0.4 is 0 Å². The maximum absolute atomic E-state index is 13.2. The number of rotatable bonds is 5. The first-order valence-electron chi connectivity index (χ1n) is 6.88. The minimum atomic E-state index is -0.734. The number of nitrogens with zero attached hydrogens (tertiary/aromatic N) is 1. The molecule has 2 unspecified atom stereocenters. The van der Waals surface area contributed by atoms with Gasteiger partial charge in [0.2, 0.25) is 0 Å². The van der Waals surface area contributed by atoms with E-state index >= 15 is 0 Å². The van der Waals surface area contributed by atoms with Gasteiger partial charge >= 0.3 is 5.97 Å². The lowest BCUT2D eigenvalue weighted by Gasteiger charge is -2.25. The Morgan fingerprint density at radius 1 is 1.60 bits per heavy atom. The van der Waals surface area contributed by atoms with Crippen molar-refractivity contribution in [2.75, 3.05) is 13.1 Å². The molecule has 1 N–H and O–H groups in total. The molecule has 5 heteroatoms. The lowest BCUT2D eigenvalue weighted by molar-refractivity contribution is -0.137. The summed E-state index contributed by atoms with van der Waals surface area (Å²) in [4.78, 5) is 12.9. The van der Waals surface area contributed by atoms with E-state index in [1.165, 1.54) is 6.07 Å². The Morgan fingerprint density at radius 3 is 3.00 bits per heavy atom. The summed E-state index contributed by atoms with van der Waals surface area (Å²) >= 11 is 5.82.